The van der Waals surface area contributed by atoms with Gasteiger partial charge in [0.2, 0.25) is 5.95 Å². The van der Waals surface area contributed by atoms with E-state index in [1.807, 2.05) is 0 Å². The van der Waals surface area contributed by atoms with Crippen LogP contribution in [0, 0.1) is 0 Å². The molecule has 0 spiro atoms. The zero-order valence-corrected chi connectivity index (χ0v) is 14.5. The fourth-order valence-electron chi connectivity index (χ4n) is 4.65. The lowest BCUT2D eigenvalue weighted by Gasteiger charge is -2.47. The van der Waals surface area contributed by atoms with Gasteiger partial charge < -0.3 is 10.2 Å². The van der Waals surface area contributed by atoms with Crippen LogP contribution in [0.1, 0.15) is 73.2 Å². The first-order valence-corrected chi connectivity index (χ1v) is 9.86. The predicted octanol–water partition coefficient (Wildman–Crippen LogP) is 4.37. The molecule has 3 aliphatic carbocycles. The van der Waals surface area contributed by atoms with E-state index in [1.165, 1.54) is 49.8 Å². The molecular formula is C21H24N4. The first kappa shape index (κ1) is 14.1. The highest BCUT2D eigenvalue weighted by Crippen LogP contribution is 2.49. The van der Waals surface area contributed by atoms with Crippen molar-refractivity contribution >= 4 is 11.8 Å². The molecule has 25 heavy (non-hydrogen) atoms. The van der Waals surface area contributed by atoms with Gasteiger partial charge in [0.05, 0.1) is 11.7 Å². The molecule has 0 radical (unpaired) electrons. The van der Waals surface area contributed by atoms with Gasteiger partial charge in [-0.05, 0) is 49.7 Å². The second kappa shape index (κ2) is 5.20. The summed E-state index contributed by atoms with van der Waals surface area (Å²) in [6.07, 6.45) is 7.65. The van der Waals surface area contributed by atoms with E-state index in [9.17, 15) is 0 Å². The van der Waals surface area contributed by atoms with Gasteiger partial charge in [-0.2, -0.15) is 4.98 Å². The van der Waals surface area contributed by atoms with Crippen molar-refractivity contribution in [2.24, 2.45) is 0 Å². The average molecular weight is 332 g/mol. The first-order chi connectivity index (χ1) is 12.3. The number of nitrogens with one attached hydrogen (secondary N) is 1. The molecule has 7 rings (SSSR count). The first-order valence-electron chi connectivity index (χ1n) is 9.86. The lowest BCUT2D eigenvalue weighted by molar-refractivity contribution is 0.387. The highest BCUT2D eigenvalue weighted by molar-refractivity contribution is 5.54. The molecule has 5 aliphatic rings. The van der Waals surface area contributed by atoms with Gasteiger partial charge in [-0.25, -0.2) is 4.98 Å². The monoisotopic (exact) mass is 332 g/mol. The highest BCUT2D eigenvalue weighted by atomic mass is 15.3. The Kier molecular flexibility index (Phi) is 2.93. The van der Waals surface area contributed by atoms with Crippen LogP contribution in [0.15, 0.2) is 30.3 Å². The molecule has 1 aromatic heterocycles. The summed E-state index contributed by atoms with van der Waals surface area (Å²) in [4.78, 5) is 12.3. The number of anilines is 2. The fourth-order valence-corrected chi connectivity index (χ4v) is 4.65. The molecule has 4 heteroatoms. The molecule has 1 aromatic carbocycles. The fraction of sp³-hybridized carbons (Fsp3) is 0.524. The summed E-state index contributed by atoms with van der Waals surface area (Å²) >= 11 is 0. The van der Waals surface area contributed by atoms with E-state index in [0.717, 1.165) is 18.3 Å². The highest BCUT2D eigenvalue weighted by Gasteiger charge is 2.39. The SMILES string of the molecule is c1ccc2c(c1)[C@H]1CC[C@H]2N(c2cc(C3CC3)nc(NC3CC3)n2)C1. The van der Waals surface area contributed by atoms with Crippen LogP contribution >= 0.6 is 0 Å². The Morgan fingerprint density at radius 3 is 2.48 bits per heavy atom. The molecule has 2 aromatic rings. The van der Waals surface area contributed by atoms with E-state index in [0.29, 0.717) is 23.9 Å². The Bertz CT molecular complexity index is 824. The second-order valence-electron chi connectivity index (χ2n) is 8.24. The lowest BCUT2D eigenvalue weighted by Crippen LogP contribution is -2.43. The van der Waals surface area contributed by atoms with Crippen LogP contribution in [0.25, 0.3) is 0 Å². The smallest absolute Gasteiger partial charge is 0.225 e. The van der Waals surface area contributed by atoms with Crippen molar-refractivity contribution in [3.63, 3.8) is 0 Å². The maximum atomic E-state index is 4.94. The van der Waals surface area contributed by atoms with Gasteiger partial charge in [-0.15, -0.1) is 0 Å². The number of nitrogens with zero attached hydrogens (tertiary/aromatic N) is 3. The van der Waals surface area contributed by atoms with Crippen molar-refractivity contribution in [3.05, 3.63) is 47.2 Å². The molecule has 3 heterocycles. The third-order valence-electron chi connectivity index (χ3n) is 6.31. The summed E-state index contributed by atoms with van der Waals surface area (Å²) in [6, 6.07) is 12.4. The van der Waals surface area contributed by atoms with Crippen molar-refractivity contribution in [3.8, 4) is 0 Å². The van der Waals surface area contributed by atoms with Gasteiger partial charge >= 0.3 is 0 Å². The molecule has 2 saturated carbocycles. The summed E-state index contributed by atoms with van der Waals surface area (Å²) in [6.45, 7) is 1.10. The van der Waals surface area contributed by atoms with Crippen LogP contribution in [-0.4, -0.2) is 22.6 Å². The Labute approximate surface area is 148 Å². The summed E-state index contributed by atoms with van der Waals surface area (Å²) in [5.41, 5.74) is 4.35. The third-order valence-corrected chi connectivity index (χ3v) is 6.31. The third kappa shape index (κ3) is 2.42. The van der Waals surface area contributed by atoms with Crippen LogP contribution < -0.4 is 10.2 Å². The zero-order valence-electron chi connectivity index (χ0n) is 14.5. The lowest BCUT2D eigenvalue weighted by atomic mass is 9.75. The Morgan fingerprint density at radius 1 is 0.880 bits per heavy atom. The molecule has 3 fully saturated rings. The van der Waals surface area contributed by atoms with Crippen LogP contribution in [0.2, 0.25) is 0 Å². The summed E-state index contributed by atoms with van der Waals surface area (Å²) in [7, 11) is 0. The van der Waals surface area contributed by atoms with Gasteiger partial charge in [-0.1, -0.05) is 24.3 Å². The predicted molar refractivity (Wildman–Crippen MR) is 99.2 cm³/mol. The molecule has 2 atom stereocenters. The number of hydrogen-bond donors (Lipinski definition) is 1. The number of piperidine rings is 1. The molecule has 1 N–H and O–H groups in total. The normalized spacial score (nSPS) is 27.3. The molecule has 128 valence electrons. The van der Waals surface area contributed by atoms with Gasteiger partial charge in [-0.3, -0.25) is 0 Å². The zero-order chi connectivity index (χ0) is 16.4. The Hall–Kier alpha value is -2.10. The molecular weight excluding hydrogens is 308 g/mol. The molecule has 2 bridgehead atoms. The van der Waals surface area contributed by atoms with Crippen molar-refractivity contribution < 1.29 is 0 Å². The topological polar surface area (TPSA) is 41.1 Å². The molecule has 0 amide bonds. The van der Waals surface area contributed by atoms with Crippen molar-refractivity contribution in [1.82, 2.24) is 9.97 Å². The number of rotatable bonds is 4. The molecule has 1 saturated heterocycles. The molecule has 0 unspecified atom stereocenters. The standard InChI is InChI=1S/C21H24N4/c1-2-4-17-16(3-1)14-7-10-19(17)25(12-14)20-11-18(13-5-6-13)23-21(24-20)22-15-8-9-15/h1-4,11,13-15,19H,5-10,12H2,(H,22,23,24)/t14-,19+/m0/s1. The average Bonchev–Trinajstić information content (AvgIpc) is 3.56. The minimum atomic E-state index is 0.483. The van der Waals surface area contributed by atoms with Crippen LogP contribution in [-0.2, 0) is 0 Å². The number of benzene rings is 1. The number of hydrogen-bond acceptors (Lipinski definition) is 4. The van der Waals surface area contributed by atoms with Gasteiger partial charge in [0, 0.05) is 30.5 Å². The van der Waals surface area contributed by atoms with E-state index in [1.54, 1.807) is 5.56 Å². The minimum absolute atomic E-state index is 0.483. The quantitative estimate of drug-likeness (QED) is 0.903. The van der Waals surface area contributed by atoms with Crippen molar-refractivity contribution in [2.45, 2.75) is 62.4 Å². The van der Waals surface area contributed by atoms with E-state index in [4.69, 9.17) is 9.97 Å². The van der Waals surface area contributed by atoms with Crippen molar-refractivity contribution in [2.75, 3.05) is 16.8 Å². The largest absolute Gasteiger partial charge is 0.351 e. The van der Waals surface area contributed by atoms with E-state index < -0.39 is 0 Å². The second-order valence-corrected chi connectivity index (χ2v) is 8.24. The van der Waals surface area contributed by atoms with Crippen LogP contribution in [0.5, 0.6) is 0 Å². The van der Waals surface area contributed by atoms with Gasteiger partial charge in [0.15, 0.2) is 0 Å². The maximum absolute atomic E-state index is 4.94. The van der Waals surface area contributed by atoms with E-state index >= 15 is 0 Å². The van der Waals surface area contributed by atoms with Gasteiger partial charge in [0.25, 0.3) is 0 Å². The molecule has 2 aliphatic heterocycles. The van der Waals surface area contributed by atoms with E-state index in [-0.39, 0.29) is 0 Å². The van der Waals surface area contributed by atoms with E-state index in [2.05, 4.69) is 40.5 Å². The van der Waals surface area contributed by atoms with Crippen LogP contribution in [0.3, 0.4) is 0 Å². The number of fused-ring (bicyclic) bond motifs is 2. The van der Waals surface area contributed by atoms with Crippen molar-refractivity contribution in [1.29, 1.82) is 0 Å². The summed E-state index contributed by atoms with van der Waals surface area (Å²) in [5, 5.41) is 3.53. The molecule has 4 nitrogen and oxygen atoms in total. The Balaban J connectivity index is 1.40. The number of aromatic nitrogens is 2. The summed E-state index contributed by atoms with van der Waals surface area (Å²) in [5.74, 6) is 3.32. The van der Waals surface area contributed by atoms with Gasteiger partial charge in [0.1, 0.15) is 5.82 Å². The Morgan fingerprint density at radius 2 is 1.68 bits per heavy atom. The maximum Gasteiger partial charge on any atom is 0.225 e. The summed E-state index contributed by atoms with van der Waals surface area (Å²) < 4.78 is 0. The van der Waals surface area contributed by atoms with Crippen LogP contribution in [0.4, 0.5) is 11.8 Å². The minimum Gasteiger partial charge on any atom is -0.351 e.